The molecule has 1 aromatic heterocycles. The van der Waals surface area contributed by atoms with Crippen LogP contribution in [0.3, 0.4) is 0 Å². The van der Waals surface area contributed by atoms with E-state index in [4.69, 9.17) is 16.3 Å². The first kappa shape index (κ1) is 14.8. The van der Waals surface area contributed by atoms with Crippen LogP contribution in [0.15, 0.2) is 0 Å². The average Bonchev–Trinajstić information content (AvgIpc) is 2.67. The largest absolute Gasteiger partial charge is 0.374 e. The molecule has 0 aliphatic carbocycles. The Morgan fingerprint density at radius 1 is 1.58 bits per heavy atom. The van der Waals surface area contributed by atoms with Crippen LogP contribution in [0.25, 0.3) is 0 Å². The molecule has 0 aromatic carbocycles. The third kappa shape index (κ3) is 3.69. The van der Waals surface area contributed by atoms with Crippen molar-refractivity contribution in [2.75, 3.05) is 33.3 Å². The summed E-state index contributed by atoms with van der Waals surface area (Å²) >= 11 is 6.36. The quantitative estimate of drug-likeness (QED) is 0.879. The summed E-state index contributed by atoms with van der Waals surface area (Å²) in [6, 6.07) is 0. The Labute approximate surface area is 119 Å². The highest BCUT2D eigenvalue weighted by Gasteiger charge is 2.18. The first-order valence-electron chi connectivity index (χ1n) is 6.83. The van der Waals surface area contributed by atoms with E-state index in [2.05, 4.69) is 29.3 Å². The maximum atomic E-state index is 6.36. The summed E-state index contributed by atoms with van der Waals surface area (Å²) in [6.45, 7) is 6.43. The molecule has 108 valence electrons. The molecule has 1 aliphatic heterocycles. The zero-order valence-electron chi connectivity index (χ0n) is 11.9. The number of nitrogens with zero attached hydrogens (tertiary/aromatic N) is 3. The van der Waals surface area contributed by atoms with Crippen molar-refractivity contribution in [2.45, 2.75) is 26.0 Å². The van der Waals surface area contributed by atoms with E-state index >= 15 is 0 Å². The second-order valence-electron chi connectivity index (χ2n) is 5.08. The van der Waals surface area contributed by atoms with Crippen LogP contribution in [-0.4, -0.2) is 54.1 Å². The SMILES string of the molecule is CCc1nn(C)c(CN(C)CC2CNCCO2)c1Cl. The molecule has 6 heteroatoms. The number of halogens is 1. The lowest BCUT2D eigenvalue weighted by Gasteiger charge is -2.28. The Kier molecular flexibility index (Phi) is 5.21. The predicted octanol–water partition coefficient (Wildman–Crippen LogP) is 1.06. The first-order chi connectivity index (χ1) is 9.11. The molecule has 2 heterocycles. The topological polar surface area (TPSA) is 42.3 Å². The van der Waals surface area contributed by atoms with Crippen LogP contribution in [0.2, 0.25) is 5.02 Å². The monoisotopic (exact) mass is 286 g/mol. The molecule has 0 bridgehead atoms. The van der Waals surface area contributed by atoms with Crippen molar-refractivity contribution in [3.05, 3.63) is 16.4 Å². The summed E-state index contributed by atoms with van der Waals surface area (Å²) in [5, 5.41) is 8.59. The van der Waals surface area contributed by atoms with E-state index in [0.29, 0.717) is 0 Å². The van der Waals surface area contributed by atoms with Gasteiger partial charge in [-0.1, -0.05) is 18.5 Å². The minimum absolute atomic E-state index is 0.261. The van der Waals surface area contributed by atoms with Crippen molar-refractivity contribution in [1.29, 1.82) is 0 Å². The lowest BCUT2D eigenvalue weighted by atomic mass is 10.2. The minimum Gasteiger partial charge on any atom is -0.374 e. The van der Waals surface area contributed by atoms with Crippen LogP contribution in [0.5, 0.6) is 0 Å². The molecule has 0 amide bonds. The zero-order valence-corrected chi connectivity index (χ0v) is 12.7. The fourth-order valence-corrected chi connectivity index (χ4v) is 2.75. The van der Waals surface area contributed by atoms with Crippen LogP contribution >= 0.6 is 11.6 Å². The van der Waals surface area contributed by atoms with Gasteiger partial charge in [0.25, 0.3) is 0 Å². The number of hydrogen-bond donors (Lipinski definition) is 1. The van der Waals surface area contributed by atoms with Crippen molar-refractivity contribution >= 4 is 11.6 Å². The fourth-order valence-electron chi connectivity index (χ4n) is 2.40. The normalized spacial score (nSPS) is 20.2. The maximum absolute atomic E-state index is 6.36. The van der Waals surface area contributed by atoms with Crippen LogP contribution in [-0.2, 0) is 24.8 Å². The smallest absolute Gasteiger partial charge is 0.0863 e. The molecule has 5 nitrogen and oxygen atoms in total. The number of ether oxygens (including phenoxy) is 1. The van der Waals surface area contributed by atoms with Crippen LogP contribution in [0.4, 0.5) is 0 Å². The third-order valence-corrected chi connectivity index (χ3v) is 3.88. The summed E-state index contributed by atoms with van der Waals surface area (Å²) in [4.78, 5) is 2.24. The van der Waals surface area contributed by atoms with Crippen molar-refractivity contribution in [1.82, 2.24) is 20.0 Å². The van der Waals surface area contributed by atoms with Gasteiger partial charge < -0.3 is 10.1 Å². The van der Waals surface area contributed by atoms with Gasteiger partial charge in [0.2, 0.25) is 0 Å². The average molecular weight is 287 g/mol. The first-order valence-corrected chi connectivity index (χ1v) is 7.20. The lowest BCUT2D eigenvalue weighted by Crippen LogP contribution is -2.44. The molecule has 0 saturated carbocycles. The van der Waals surface area contributed by atoms with Gasteiger partial charge in [0.05, 0.1) is 29.1 Å². The predicted molar refractivity (Wildman–Crippen MR) is 76.5 cm³/mol. The summed E-state index contributed by atoms with van der Waals surface area (Å²) in [5.41, 5.74) is 2.05. The highest BCUT2D eigenvalue weighted by atomic mass is 35.5. The summed E-state index contributed by atoms with van der Waals surface area (Å²) in [5.74, 6) is 0. The molecule has 19 heavy (non-hydrogen) atoms. The van der Waals surface area contributed by atoms with Crippen LogP contribution < -0.4 is 5.32 Å². The second-order valence-corrected chi connectivity index (χ2v) is 5.46. The van der Waals surface area contributed by atoms with Gasteiger partial charge in [-0.25, -0.2) is 0 Å². The van der Waals surface area contributed by atoms with Crippen molar-refractivity contribution in [2.24, 2.45) is 7.05 Å². The molecule has 1 aromatic rings. The van der Waals surface area contributed by atoms with Crippen molar-refractivity contribution in [3.8, 4) is 0 Å². The molecule has 2 rings (SSSR count). The second kappa shape index (κ2) is 6.70. The third-order valence-electron chi connectivity index (χ3n) is 3.44. The van der Waals surface area contributed by atoms with Gasteiger partial charge in [-0.15, -0.1) is 0 Å². The Balaban J connectivity index is 1.94. The lowest BCUT2D eigenvalue weighted by molar-refractivity contribution is 0.00853. The number of aromatic nitrogens is 2. The molecule has 1 atom stereocenters. The minimum atomic E-state index is 0.261. The maximum Gasteiger partial charge on any atom is 0.0863 e. The highest BCUT2D eigenvalue weighted by Crippen LogP contribution is 2.22. The van der Waals surface area contributed by atoms with Crippen LogP contribution in [0.1, 0.15) is 18.3 Å². The van der Waals surface area contributed by atoms with E-state index in [1.54, 1.807) is 0 Å². The van der Waals surface area contributed by atoms with E-state index in [9.17, 15) is 0 Å². The number of rotatable bonds is 5. The van der Waals surface area contributed by atoms with E-state index in [1.807, 2.05) is 11.7 Å². The van der Waals surface area contributed by atoms with E-state index < -0.39 is 0 Å². The van der Waals surface area contributed by atoms with E-state index in [0.717, 1.165) is 55.6 Å². The number of morpholine rings is 1. The van der Waals surface area contributed by atoms with Gasteiger partial charge in [-0.05, 0) is 13.5 Å². The molecule has 1 fully saturated rings. The van der Waals surface area contributed by atoms with Gasteiger partial charge >= 0.3 is 0 Å². The Morgan fingerprint density at radius 3 is 2.95 bits per heavy atom. The molecule has 0 spiro atoms. The van der Waals surface area contributed by atoms with E-state index in [1.165, 1.54) is 0 Å². The highest BCUT2D eigenvalue weighted by molar-refractivity contribution is 6.31. The Bertz CT molecular complexity index is 415. The molecule has 1 unspecified atom stereocenters. The number of likely N-dealkylation sites (N-methyl/N-ethyl adjacent to an activating group) is 1. The summed E-state index contributed by atoms with van der Waals surface area (Å²) in [6.07, 6.45) is 1.13. The molecule has 1 N–H and O–H groups in total. The van der Waals surface area contributed by atoms with Gasteiger partial charge in [-0.2, -0.15) is 5.10 Å². The zero-order chi connectivity index (χ0) is 13.8. The van der Waals surface area contributed by atoms with Gasteiger partial charge in [0.1, 0.15) is 0 Å². The van der Waals surface area contributed by atoms with E-state index in [-0.39, 0.29) is 6.10 Å². The summed E-state index contributed by atoms with van der Waals surface area (Å²) in [7, 11) is 4.04. The van der Waals surface area contributed by atoms with Gasteiger partial charge in [0, 0.05) is 33.2 Å². The van der Waals surface area contributed by atoms with Gasteiger partial charge in [0.15, 0.2) is 0 Å². The van der Waals surface area contributed by atoms with Crippen LogP contribution in [0, 0.1) is 0 Å². The number of aryl methyl sites for hydroxylation is 2. The molecule has 0 radical (unpaired) electrons. The standard InChI is InChI=1S/C13H23ClN4O/c1-4-11-13(14)12(18(3)16-11)9-17(2)8-10-7-15-5-6-19-10/h10,15H,4-9H2,1-3H3. The molecular weight excluding hydrogens is 264 g/mol. The number of nitrogens with one attached hydrogen (secondary N) is 1. The van der Waals surface area contributed by atoms with Crippen molar-refractivity contribution < 1.29 is 4.74 Å². The molecule has 1 saturated heterocycles. The molecule has 1 aliphatic rings. The van der Waals surface area contributed by atoms with Gasteiger partial charge in [-0.3, -0.25) is 9.58 Å². The fraction of sp³-hybridized carbons (Fsp3) is 0.769. The molecular formula is C13H23ClN4O. The Hall–Kier alpha value is -0.620. The summed E-state index contributed by atoms with van der Waals surface area (Å²) < 4.78 is 7.60. The van der Waals surface area contributed by atoms with Crippen molar-refractivity contribution in [3.63, 3.8) is 0 Å². The Morgan fingerprint density at radius 2 is 2.37 bits per heavy atom. The number of hydrogen-bond acceptors (Lipinski definition) is 4.